The largest absolute Gasteiger partial charge is 0.469 e. The predicted octanol–water partition coefficient (Wildman–Crippen LogP) is 2.05. The molecule has 0 aromatic carbocycles. The smallest absolute Gasteiger partial charge is 0.203 e. The van der Waals surface area contributed by atoms with Crippen molar-refractivity contribution in [3.63, 3.8) is 0 Å². The van der Waals surface area contributed by atoms with Crippen molar-refractivity contribution < 1.29 is 4.42 Å². The van der Waals surface area contributed by atoms with Crippen LogP contribution in [0.5, 0.6) is 0 Å². The van der Waals surface area contributed by atoms with Crippen molar-refractivity contribution in [2.75, 3.05) is 37.6 Å². The Bertz CT molecular complexity index is 925. The van der Waals surface area contributed by atoms with E-state index in [-0.39, 0.29) is 30.0 Å². The Labute approximate surface area is 187 Å². The summed E-state index contributed by atoms with van der Waals surface area (Å²) in [6.07, 6.45) is 7.88. The number of aliphatic imine (C=N–C) groups is 1. The van der Waals surface area contributed by atoms with Crippen LogP contribution in [0.25, 0.3) is 5.65 Å². The van der Waals surface area contributed by atoms with Crippen LogP contribution >= 0.6 is 24.0 Å². The molecule has 3 aromatic rings. The lowest BCUT2D eigenvalue weighted by molar-refractivity contribution is 0.327. The first-order chi connectivity index (χ1) is 13.8. The molecular formula is C19H27IN8O. The molecule has 4 heterocycles. The van der Waals surface area contributed by atoms with Crippen LogP contribution in [0.4, 0.5) is 5.82 Å². The standard InChI is InChI=1S/C19H26N8O.HI/c1-3-20-19(22-7-6-16-5-4-12-28-16)25-10-11-27(15(2)13-25)17-18-24-23-14-26(18)9-8-21-17;/h4-5,8-9,12,14-15H,3,6-7,10-11,13H2,1-2H3,(H,20,22);1H. The minimum atomic E-state index is 0. The Morgan fingerprint density at radius 1 is 1.38 bits per heavy atom. The molecule has 1 unspecified atom stereocenters. The molecule has 1 saturated heterocycles. The maximum atomic E-state index is 5.40. The van der Waals surface area contributed by atoms with Crippen LogP contribution in [-0.2, 0) is 6.42 Å². The van der Waals surface area contributed by atoms with E-state index in [4.69, 9.17) is 9.41 Å². The molecule has 4 rings (SSSR count). The molecule has 0 radical (unpaired) electrons. The average molecular weight is 510 g/mol. The van der Waals surface area contributed by atoms with E-state index in [1.54, 1.807) is 18.8 Å². The quantitative estimate of drug-likeness (QED) is 0.320. The molecule has 0 amide bonds. The summed E-state index contributed by atoms with van der Waals surface area (Å²) in [7, 11) is 0. The highest BCUT2D eigenvalue weighted by atomic mass is 127. The molecule has 156 valence electrons. The lowest BCUT2D eigenvalue weighted by Crippen LogP contribution is -2.56. The number of guanidine groups is 1. The lowest BCUT2D eigenvalue weighted by atomic mass is 10.2. The summed E-state index contributed by atoms with van der Waals surface area (Å²) < 4.78 is 7.30. The van der Waals surface area contributed by atoms with Crippen molar-refractivity contribution in [3.05, 3.63) is 42.9 Å². The fourth-order valence-electron chi connectivity index (χ4n) is 3.57. The number of fused-ring (bicyclic) bond motifs is 1. The third-order valence-corrected chi connectivity index (χ3v) is 4.93. The monoisotopic (exact) mass is 510 g/mol. The predicted molar refractivity (Wildman–Crippen MR) is 123 cm³/mol. The second kappa shape index (κ2) is 9.90. The van der Waals surface area contributed by atoms with Crippen LogP contribution in [0.2, 0.25) is 0 Å². The number of nitrogens with one attached hydrogen (secondary N) is 1. The van der Waals surface area contributed by atoms with E-state index in [0.717, 1.165) is 55.8 Å². The van der Waals surface area contributed by atoms with E-state index in [9.17, 15) is 0 Å². The van der Waals surface area contributed by atoms with Crippen molar-refractivity contribution in [2.45, 2.75) is 26.3 Å². The number of nitrogens with zero attached hydrogens (tertiary/aromatic N) is 7. The lowest BCUT2D eigenvalue weighted by Gasteiger charge is -2.41. The molecule has 1 aliphatic heterocycles. The maximum absolute atomic E-state index is 5.40. The van der Waals surface area contributed by atoms with Crippen LogP contribution in [0.3, 0.4) is 0 Å². The van der Waals surface area contributed by atoms with Crippen molar-refractivity contribution in [1.29, 1.82) is 0 Å². The van der Waals surface area contributed by atoms with E-state index in [1.807, 2.05) is 22.7 Å². The summed E-state index contributed by atoms with van der Waals surface area (Å²) >= 11 is 0. The van der Waals surface area contributed by atoms with Gasteiger partial charge in [0.15, 0.2) is 11.8 Å². The number of hydrogen-bond donors (Lipinski definition) is 1. The first-order valence-corrected chi connectivity index (χ1v) is 9.73. The molecule has 29 heavy (non-hydrogen) atoms. The van der Waals surface area contributed by atoms with Crippen molar-refractivity contribution in [1.82, 2.24) is 29.8 Å². The zero-order chi connectivity index (χ0) is 19.3. The Kier molecular flexibility index (Phi) is 7.29. The van der Waals surface area contributed by atoms with Gasteiger partial charge in [0.05, 0.1) is 6.26 Å². The summed E-state index contributed by atoms with van der Waals surface area (Å²) in [6.45, 7) is 8.43. The van der Waals surface area contributed by atoms with Crippen molar-refractivity contribution >= 4 is 41.4 Å². The van der Waals surface area contributed by atoms with E-state index >= 15 is 0 Å². The second-order valence-electron chi connectivity index (χ2n) is 6.87. The number of hydrogen-bond acceptors (Lipinski definition) is 6. The zero-order valence-electron chi connectivity index (χ0n) is 16.7. The molecule has 0 bridgehead atoms. The minimum Gasteiger partial charge on any atom is -0.469 e. The number of anilines is 1. The second-order valence-corrected chi connectivity index (χ2v) is 6.87. The molecule has 0 saturated carbocycles. The summed E-state index contributed by atoms with van der Waals surface area (Å²) in [6, 6.07) is 4.18. The van der Waals surface area contributed by atoms with Crippen LogP contribution in [-0.4, -0.2) is 69.2 Å². The molecule has 10 heteroatoms. The van der Waals surface area contributed by atoms with E-state index in [1.165, 1.54) is 0 Å². The minimum absolute atomic E-state index is 0. The molecule has 1 fully saturated rings. The van der Waals surface area contributed by atoms with Gasteiger partial charge >= 0.3 is 0 Å². The average Bonchev–Trinajstić information content (AvgIpc) is 3.39. The van der Waals surface area contributed by atoms with Gasteiger partial charge in [-0.3, -0.25) is 9.39 Å². The summed E-state index contributed by atoms with van der Waals surface area (Å²) in [5.74, 6) is 2.80. The molecule has 1 atom stereocenters. The third-order valence-electron chi connectivity index (χ3n) is 4.93. The molecule has 0 spiro atoms. The van der Waals surface area contributed by atoms with Gasteiger partial charge < -0.3 is 19.5 Å². The third kappa shape index (κ3) is 4.80. The van der Waals surface area contributed by atoms with Crippen LogP contribution < -0.4 is 10.2 Å². The summed E-state index contributed by atoms with van der Waals surface area (Å²) in [5, 5.41) is 11.6. The highest BCUT2D eigenvalue weighted by Gasteiger charge is 2.28. The first-order valence-electron chi connectivity index (χ1n) is 9.73. The van der Waals surface area contributed by atoms with Crippen LogP contribution in [0.1, 0.15) is 19.6 Å². The highest BCUT2D eigenvalue weighted by Crippen LogP contribution is 2.21. The fourth-order valence-corrected chi connectivity index (χ4v) is 3.57. The Morgan fingerprint density at radius 3 is 3.03 bits per heavy atom. The molecule has 1 N–H and O–H groups in total. The van der Waals surface area contributed by atoms with Gasteiger partial charge in [-0.05, 0) is 26.0 Å². The summed E-state index contributed by atoms with van der Waals surface area (Å²) in [4.78, 5) is 14.0. The molecular weight excluding hydrogens is 483 g/mol. The first kappa shape index (κ1) is 21.3. The Hall–Kier alpha value is -2.37. The van der Waals surface area contributed by atoms with Gasteiger partial charge in [0.25, 0.3) is 0 Å². The van der Waals surface area contributed by atoms with Crippen molar-refractivity contribution in [2.24, 2.45) is 4.99 Å². The fraction of sp³-hybridized carbons (Fsp3) is 0.474. The van der Waals surface area contributed by atoms with Gasteiger partial charge in [0.1, 0.15) is 12.1 Å². The molecule has 3 aromatic heterocycles. The zero-order valence-corrected chi connectivity index (χ0v) is 19.1. The van der Waals surface area contributed by atoms with Gasteiger partial charge in [-0.1, -0.05) is 0 Å². The number of rotatable bonds is 5. The SMILES string of the molecule is CCNC(=NCCc1ccco1)N1CCN(c2nccn3cnnc23)C(C)C1.I. The number of furan rings is 1. The normalized spacial score (nSPS) is 17.4. The topological polar surface area (TPSA) is 87.1 Å². The van der Waals surface area contributed by atoms with Gasteiger partial charge in [0.2, 0.25) is 5.65 Å². The highest BCUT2D eigenvalue weighted by molar-refractivity contribution is 14.0. The summed E-state index contributed by atoms with van der Waals surface area (Å²) in [5.41, 5.74) is 0.793. The molecule has 9 nitrogen and oxygen atoms in total. The number of halogens is 1. The van der Waals surface area contributed by atoms with Gasteiger partial charge in [-0.15, -0.1) is 34.2 Å². The van der Waals surface area contributed by atoms with Crippen LogP contribution in [0, 0.1) is 0 Å². The van der Waals surface area contributed by atoms with Gasteiger partial charge in [-0.25, -0.2) is 4.98 Å². The maximum Gasteiger partial charge on any atom is 0.203 e. The van der Waals surface area contributed by atoms with Gasteiger partial charge in [-0.2, -0.15) is 0 Å². The molecule has 1 aliphatic rings. The molecule has 0 aliphatic carbocycles. The Morgan fingerprint density at radius 2 is 2.28 bits per heavy atom. The number of piperazine rings is 1. The van der Waals surface area contributed by atoms with Gasteiger partial charge in [0, 0.05) is 57.6 Å². The van der Waals surface area contributed by atoms with Crippen LogP contribution in [0.15, 0.2) is 46.5 Å². The van der Waals surface area contributed by atoms with Crippen molar-refractivity contribution in [3.8, 4) is 0 Å². The van der Waals surface area contributed by atoms with E-state index in [0.29, 0.717) is 6.54 Å². The number of aromatic nitrogens is 4. The van der Waals surface area contributed by atoms with E-state index in [2.05, 4.69) is 44.1 Å². The van der Waals surface area contributed by atoms with E-state index < -0.39 is 0 Å². The Balaban J connectivity index is 0.00000240.